The maximum Gasteiger partial charge on any atom is 0.274 e. The van der Waals surface area contributed by atoms with Crippen molar-refractivity contribution >= 4 is 67.2 Å². The molecule has 0 bridgehead atoms. The number of sulfone groups is 1. The normalized spacial score (nSPS) is 18.7. The number of nitrogens with zero attached hydrogens (tertiary/aromatic N) is 8. The molecule has 4 aliphatic heterocycles. The summed E-state index contributed by atoms with van der Waals surface area (Å²) in [6.45, 7) is 12.7. The topological polar surface area (TPSA) is 239 Å². The van der Waals surface area contributed by atoms with Crippen molar-refractivity contribution in [1.82, 2.24) is 55.1 Å². The highest BCUT2D eigenvalue weighted by Crippen LogP contribution is 2.45. The van der Waals surface area contributed by atoms with Crippen LogP contribution < -0.4 is 26.4 Å². The predicted octanol–water partition coefficient (Wildman–Crippen LogP) is 3.68. The molecule has 24 heteroatoms. The van der Waals surface area contributed by atoms with Gasteiger partial charge in [-0.25, -0.2) is 27.2 Å². The van der Waals surface area contributed by atoms with Crippen LogP contribution in [0.1, 0.15) is 59.9 Å². The summed E-state index contributed by atoms with van der Waals surface area (Å²) < 4.78 is 57.0. The molecule has 0 saturated carbocycles. The zero-order valence-corrected chi connectivity index (χ0v) is 47.1. The summed E-state index contributed by atoms with van der Waals surface area (Å²) in [6, 6.07) is 10.1. The molecule has 3 fully saturated rings. The molecule has 0 spiro atoms. The van der Waals surface area contributed by atoms with E-state index < -0.39 is 62.6 Å². The van der Waals surface area contributed by atoms with E-state index in [2.05, 4.69) is 45.6 Å². The van der Waals surface area contributed by atoms with Gasteiger partial charge in [0.1, 0.15) is 23.4 Å². The van der Waals surface area contributed by atoms with Gasteiger partial charge in [0.25, 0.3) is 11.5 Å². The number of carbonyl (C=O) groups excluding carboxylic acids is 4. The van der Waals surface area contributed by atoms with Gasteiger partial charge in [0.15, 0.2) is 21.5 Å². The number of pyridine rings is 2. The average Bonchev–Trinajstić information content (AvgIpc) is 4.13. The largest absolute Gasteiger partial charge is 0.391 e. The Balaban J connectivity index is 0.720. The number of fused-ring (bicyclic) bond motifs is 2. The van der Waals surface area contributed by atoms with Crippen molar-refractivity contribution in [1.29, 1.82) is 0 Å². The summed E-state index contributed by atoms with van der Waals surface area (Å²) in [5, 5.41) is 20.1. The Hall–Kier alpha value is -6.96. The minimum atomic E-state index is -3.69. The summed E-state index contributed by atoms with van der Waals surface area (Å²) in [6.07, 6.45) is 4.41. The fourth-order valence-electron chi connectivity index (χ4n) is 11.4. The van der Waals surface area contributed by atoms with Crippen molar-refractivity contribution < 1.29 is 41.5 Å². The smallest absolute Gasteiger partial charge is 0.274 e. The number of amides is 4. The van der Waals surface area contributed by atoms with E-state index in [1.807, 2.05) is 52.0 Å². The van der Waals surface area contributed by atoms with Crippen LogP contribution in [0.4, 0.5) is 20.3 Å². The highest BCUT2D eigenvalue weighted by molar-refractivity contribution is 7.89. The lowest BCUT2D eigenvalue weighted by molar-refractivity contribution is -0.144. The Labute approximate surface area is 466 Å². The molecule has 0 unspecified atom stereocenters. The van der Waals surface area contributed by atoms with Crippen LogP contribution in [0.25, 0.3) is 32.5 Å². The van der Waals surface area contributed by atoms with E-state index in [0.29, 0.717) is 72.1 Å². The fourth-order valence-corrected chi connectivity index (χ4v) is 13.0. The van der Waals surface area contributed by atoms with Gasteiger partial charge in [-0.05, 0) is 46.7 Å². The number of aromatic amines is 1. The van der Waals surface area contributed by atoms with E-state index in [1.54, 1.807) is 42.4 Å². The molecule has 424 valence electrons. The van der Waals surface area contributed by atoms with E-state index in [1.165, 1.54) is 20.4 Å². The minimum Gasteiger partial charge on any atom is -0.391 e. The van der Waals surface area contributed by atoms with Gasteiger partial charge in [-0.1, -0.05) is 45.0 Å². The van der Waals surface area contributed by atoms with E-state index in [9.17, 15) is 41.9 Å². The number of hydrogen-bond donors (Lipinski definition) is 5. The van der Waals surface area contributed by atoms with Crippen molar-refractivity contribution in [2.24, 2.45) is 12.5 Å². The second-order valence-corrected chi connectivity index (χ2v) is 25.6. The van der Waals surface area contributed by atoms with Gasteiger partial charge >= 0.3 is 0 Å². The molecule has 10 rings (SSSR count). The number of H-pyrrole nitrogens is 1. The third-order valence-corrected chi connectivity index (χ3v) is 17.4. The molecule has 8 heterocycles. The Morgan fingerprint density at radius 3 is 2.38 bits per heavy atom. The quantitative estimate of drug-likeness (QED) is 0.0931. The first-order valence-corrected chi connectivity index (χ1v) is 29.6. The van der Waals surface area contributed by atoms with Crippen molar-refractivity contribution in [3.05, 3.63) is 117 Å². The molecule has 20 nitrogen and oxygen atoms in total. The molecule has 2 aromatic carbocycles. The van der Waals surface area contributed by atoms with Crippen LogP contribution in [0.2, 0.25) is 0 Å². The summed E-state index contributed by atoms with van der Waals surface area (Å²) >= 11 is 1.56. The molecular formula is C56H66F2N12O8S2. The number of anilines is 2. The molecular weight excluding hydrogens is 1070 g/mol. The second-order valence-electron chi connectivity index (χ2n) is 22.6. The number of rotatable bonds is 16. The average molecular weight is 1140 g/mol. The van der Waals surface area contributed by atoms with E-state index in [4.69, 9.17) is 0 Å². The number of benzene rings is 2. The summed E-state index contributed by atoms with van der Waals surface area (Å²) in [5.41, 5.74) is 6.11. The maximum atomic E-state index is 15.6. The van der Waals surface area contributed by atoms with E-state index >= 15 is 4.39 Å². The van der Waals surface area contributed by atoms with Crippen molar-refractivity contribution in [3.63, 3.8) is 0 Å². The van der Waals surface area contributed by atoms with Crippen molar-refractivity contribution in [3.8, 4) is 21.6 Å². The first-order chi connectivity index (χ1) is 38.0. The van der Waals surface area contributed by atoms with Crippen LogP contribution in [-0.2, 0) is 50.1 Å². The Bertz CT molecular complexity index is 3550. The number of thiazole rings is 1. The van der Waals surface area contributed by atoms with E-state index in [-0.39, 0.29) is 79.5 Å². The predicted molar refractivity (Wildman–Crippen MR) is 300 cm³/mol. The van der Waals surface area contributed by atoms with Gasteiger partial charge < -0.3 is 40.4 Å². The second kappa shape index (κ2) is 22.5. The van der Waals surface area contributed by atoms with Crippen LogP contribution in [-0.4, -0.2) is 172 Å². The first-order valence-electron chi connectivity index (χ1n) is 26.6. The number of hydrogen-bond acceptors (Lipinski definition) is 15. The molecule has 3 saturated heterocycles. The Morgan fingerprint density at radius 2 is 1.70 bits per heavy atom. The van der Waals surface area contributed by atoms with Crippen molar-refractivity contribution in [2.75, 3.05) is 76.6 Å². The standard InChI is InChI=1S/C56H66F2N12O8S2/c1-32-49(79-31-63-32)34-9-7-33(8-10-34)21-62-53(74)45-19-39(71)27-70(45)55(76)50(56(2,3)4)64-46(72)29-66-13-15-68(16-14-66)38-25-67(26-38)12-11-59-52(73)40-20-44-41(17-35(40)30-80(6,77)78)42-28-65(5)54(75)48-47(42)36(22-60-48)24-69(44)51-43(58)18-37(57)23-61-51/h7-10,17-18,20,22-23,28,31,38-39,45,50,60,71H,11-16,19,21,24-27,29-30H2,1-6H3,(H,59,73)(H,62,74)(H,64,72)/t39-,45+,50-/m1/s1. The zero-order valence-electron chi connectivity index (χ0n) is 45.5. The fraction of sp³-hybridized carbons (Fsp3) is 0.446. The van der Waals surface area contributed by atoms with Gasteiger partial charge in [-0.2, -0.15) is 0 Å². The highest BCUT2D eigenvalue weighted by atomic mass is 32.2. The number of likely N-dealkylation sites (tertiary alicyclic amines) is 2. The number of carbonyl (C=O) groups is 4. The lowest BCUT2D eigenvalue weighted by atomic mass is 9.85. The molecule has 0 radical (unpaired) electrons. The van der Waals surface area contributed by atoms with Gasteiger partial charge in [0.2, 0.25) is 17.7 Å². The van der Waals surface area contributed by atoms with Crippen LogP contribution in [0.15, 0.2) is 71.4 Å². The summed E-state index contributed by atoms with van der Waals surface area (Å²) in [4.78, 5) is 91.0. The number of β-amino-alcohol motifs (C(OH)–C–C–N with tert-alkyl or cyclic N) is 1. The number of halogens is 2. The van der Waals surface area contributed by atoms with Gasteiger partial charge in [0, 0.05) is 132 Å². The third-order valence-electron chi connectivity index (χ3n) is 15.6. The van der Waals surface area contributed by atoms with Crippen LogP contribution in [0, 0.1) is 24.0 Å². The molecule has 4 aromatic heterocycles. The number of aryl methyl sites for hydroxylation is 2. The van der Waals surface area contributed by atoms with E-state index in [0.717, 1.165) is 47.2 Å². The number of aliphatic hydroxyl groups is 1. The molecule has 4 aliphatic rings. The van der Waals surface area contributed by atoms with Crippen LogP contribution >= 0.6 is 11.3 Å². The highest BCUT2D eigenvalue weighted by Gasteiger charge is 2.45. The van der Waals surface area contributed by atoms with Gasteiger partial charge in [-0.3, -0.25) is 38.7 Å². The monoisotopic (exact) mass is 1140 g/mol. The molecule has 6 aromatic rings. The molecule has 5 N–H and O–H groups in total. The number of nitrogens with one attached hydrogen (secondary N) is 4. The van der Waals surface area contributed by atoms with Crippen LogP contribution in [0.5, 0.6) is 0 Å². The van der Waals surface area contributed by atoms with Gasteiger partial charge in [-0.15, -0.1) is 11.3 Å². The molecule has 0 aliphatic carbocycles. The first kappa shape index (κ1) is 56.3. The van der Waals surface area contributed by atoms with Gasteiger partial charge in [0.05, 0.1) is 52.9 Å². The lowest BCUT2D eigenvalue weighted by Gasteiger charge is -2.48. The summed E-state index contributed by atoms with van der Waals surface area (Å²) in [7, 11) is -2.11. The Morgan fingerprint density at radius 1 is 0.963 bits per heavy atom. The van der Waals surface area contributed by atoms with Crippen molar-refractivity contribution in [2.45, 2.75) is 77.2 Å². The zero-order chi connectivity index (χ0) is 56.9. The number of aromatic nitrogens is 4. The SMILES string of the molecule is Cc1ncsc1-c1ccc(CNC(=O)[C@@H]2C[C@@H](O)CN2C(=O)[C@@H](NC(=O)CN2CCN(C3CN(CCNC(=O)c4cc5c(cc4CS(C)(=O)=O)-c4cn(C)c(=O)c6[nH]cc(c46)CN5c4ncc(F)cc4F)C3)CC2)C(C)(C)C)cc1. The number of aliphatic hydroxyl groups excluding tert-OH is 1. The maximum absolute atomic E-state index is 15.6. The molecule has 4 amide bonds. The number of piperazine rings is 1. The third kappa shape index (κ3) is 11.9. The molecule has 80 heavy (non-hydrogen) atoms. The lowest BCUT2D eigenvalue weighted by Crippen LogP contribution is -2.64. The Kier molecular flexibility index (Phi) is 15.9. The summed E-state index contributed by atoms with van der Waals surface area (Å²) in [5.74, 6) is -4.19. The minimum absolute atomic E-state index is 0.0145. The van der Waals surface area contributed by atoms with Crippen LogP contribution in [0.3, 0.4) is 0 Å². The molecule has 3 atom stereocenters.